The number of Topliss-reactive ketones (excluding diaryl/α,β-unsaturated/α-hetero) is 2. The van der Waals surface area contributed by atoms with Gasteiger partial charge in [0.15, 0.2) is 17.3 Å². The second kappa shape index (κ2) is 17.8. The van der Waals surface area contributed by atoms with Crippen molar-refractivity contribution in [2.75, 3.05) is 20.2 Å². The van der Waals surface area contributed by atoms with E-state index in [1.54, 1.807) is 12.1 Å². The van der Waals surface area contributed by atoms with E-state index in [-0.39, 0.29) is 42.5 Å². The minimum atomic E-state index is -1.24. The molecule has 2 heterocycles. The maximum atomic E-state index is 14.4. The first kappa shape index (κ1) is 42.6. The Kier molecular flexibility index (Phi) is 12.3. The topological polar surface area (TPSA) is 174 Å². The van der Waals surface area contributed by atoms with Crippen molar-refractivity contribution in [3.8, 4) is 23.3 Å². The zero-order chi connectivity index (χ0) is 43.1. The zero-order valence-corrected chi connectivity index (χ0v) is 35.9. The summed E-state index contributed by atoms with van der Waals surface area (Å²) in [7, 11) is 1.49. The minimum absolute atomic E-state index is 0.0492. The highest BCUT2D eigenvalue weighted by molar-refractivity contribution is 5.89. The number of rotatable bonds is 9. The summed E-state index contributed by atoms with van der Waals surface area (Å²) in [4.78, 5) is 26.6. The fourth-order valence-electron chi connectivity index (χ4n) is 12.6. The summed E-state index contributed by atoms with van der Waals surface area (Å²) in [6.07, 6.45) is 9.02. The number of phenolic OH excluding ortho intramolecular Hbond substituents is 1. The molecule has 10 heteroatoms. The Morgan fingerprint density at radius 3 is 2.55 bits per heavy atom. The molecule has 62 heavy (non-hydrogen) atoms. The van der Waals surface area contributed by atoms with Crippen LogP contribution >= 0.6 is 0 Å². The lowest BCUT2D eigenvalue weighted by Gasteiger charge is -2.51. The molecule has 9 rings (SSSR count). The number of aryl methyl sites for hydroxylation is 1. The third kappa shape index (κ3) is 8.42. The summed E-state index contributed by atoms with van der Waals surface area (Å²) in [5, 5.41) is 56.1. The number of carbonyl (C=O) groups is 2. The van der Waals surface area contributed by atoms with Gasteiger partial charge in [0.05, 0.1) is 31.2 Å². The number of ether oxygens (including phenoxy) is 1. The molecule has 0 radical (unpaired) electrons. The van der Waals surface area contributed by atoms with Crippen LogP contribution in [0.1, 0.15) is 106 Å². The van der Waals surface area contributed by atoms with Crippen LogP contribution in [0.25, 0.3) is 10.8 Å². The third-order valence-corrected chi connectivity index (χ3v) is 16.0. The van der Waals surface area contributed by atoms with Crippen molar-refractivity contribution in [3.63, 3.8) is 0 Å². The number of aromatic hydroxyl groups is 1. The van der Waals surface area contributed by atoms with Crippen LogP contribution in [0, 0.1) is 46.8 Å². The number of aliphatic hydroxyl groups is 3. The average Bonchev–Trinajstić information content (AvgIpc) is 3.33. The number of hydrogen-bond donors (Lipinski definition) is 7. The van der Waals surface area contributed by atoms with Gasteiger partial charge in [0.25, 0.3) is 0 Å². The molecule has 3 aromatic rings. The van der Waals surface area contributed by atoms with Crippen molar-refractivity contribution in [2.24, 2.45) is 40.7 Å². The summed E-state index contributed by atoms with van der Waals surface area (Å²) in [5.74, 6) is 9.50. The van der Waals surface area contributed by atoms with Gasteiger partial charge in [0.1, 0.15) is 11.2 Å². The van der Waals surface area contributed by atoms with Gasteiger partial charge in [-0.1, -0.05) is 60.4 Å². The normalized spacial score (nSPS) is 32.5. The molecular formula is C52H63N3O7. The molecule has 12 atom stereocenters. The highest BCUT2D eigenvalue weighted by Crippen LogP contribution is 2.52. The number of nitrogens with two attached hydrogens (primary N) is 1. The number of allylic oxidation sites excluding steroid dienone is 2. The lowest BCUT2D eigenvalue weighted by atomic mass is 9.57. The van der Waals surface area contributed by atoms with E-state index >= 15 is 0 Å². The Labute approximate surface area is 365 Å². The Morgan fingerprint density at radius 1 is 0.919 bits per heavy atom. The van der Waals surface area contributed by atoms with E-state index < -0.39 is 29.6 Å². The number of dihydropyridines is 1. The number of hydrogen-bond acceptors (Lipinski definition) is 10. The van der Waals surface area contributed by atoms with Crippen LogP contribution in [0.3, 0.4) is 0 Å². The average molecular weight is 842 g/mol. The molecule has 0 aromatic heterocycles. The van der Waals surface area contributed by atoms with Crippen LogP contribution in [0.2, 0.25) is 0 Å². The Balaban J connectivity index is 0.957. The second-order valence-corrected chi connectivity index (χ2v) is 19.4. The number of fused-ring (bicyclic) bond motifs is 5. The maximum absolute atomic E-state index is 14.4. The molecule has 0 amide bonds. The minimum Gasteiger partial charge on any atom is -0.504 e. The third-order valence-electron chi connectivity index (χ3n) is 16.0. The van der Waals surface area contributed by atoms with Crippen LogP contribution < -0.4 is 21.1 Å². The van der Waals surface area contributed by atoms with Gasteiger partial charge < -0.3 is 41.5 Å². The predicted octanol–water partition coefficient (Wildman–Crippen LogP) is 6.29. The second-order valence-electron chi connectivity index (χ2n) is 19.4. The standard InChI is InChI=1S/C52H63N3O7/c1-62-48-23-35-9-13-49(60)52(17-14-33(24-50(52)61)32-8-11-40-38(21-32)29-55-44-26-39(56)10-12-41(40)44)18-15-36(43(35)28-47(48)59)22-45(57)46(58)27-42(37-16-19-54-51(53)25-37)34-7-6-30-4-2-3-5-31(30)20-34/h2-7,16,20,23,25,28,32-33,36,38,40-42,44-46,50,54-55,57-59,61H,8-14,17,19,21-22,24,26-27,29,53H2,1H3/t32-,33-,36+,38-,40-,41+,42-,44+,45-,46+,50+,52-/m0/s1. The summed E-state index contributed by atoms with van der Waals surface area (Å²) in [6, 6.07) is 18.1. The van der Waals surface area contributed by atoms with Gasteiger partial charge >= 0.3 is 0 Å². The van der Waals surface area contributed by atoms with Gasteiger partial charge in [-0.3, -0.25) is 9.59 Å². The number of piperidine rings is 1. The predicted molar refractivity (Wildman–Crippen MR) is 239 cm³/mol. The molecule has 328 valence electrons. The molecule has 1 saturated heterocycles. The fraction of sp³-hybridized carbons (Fsp3) is 0.538. The van der Waals surface area contributed by atoms with Crippen molar-refractivity contribution in [1.82, 2.24) is 10.6 Å². The van der Waals surface area contributed by atoms with Gasteiger partial charge in [-0.25, -0.2) is 0 Å². The quantitative estimate of drug-likeness (QED) is 0.121. The maximum Gasteiger partial charge on any atom is 0.160 e. The molecule has 0 unspecified atom stereocenters. The van der Waals surface area contributed by atoms with Gasteiger partial charge in [-0.2, -0.15) is 0 Å². The molecule has 10 nitrogen and oxygen atoms in total. The number of carbonyl (C=O) groups excluding carboxylic acids is 2. The summed E-state index contributed by atoms with van der Waals surface area (Å²) in [6.45, 7) is 1.51. The van der Waals surface area contributed by atoms with Crippen LogP contribution in [0.5, 0.6) is 11.5 Å². The van der Waals surface area contributed by atoms with Crippen molar-refractivity contribution in [3.05, 3.63) is 94.8 Å². The van der Waals surface area contributed by atoms with E-state index in [9.17, 15) is 30.0 Å². The lowest BCUT2D eigenvalue weighted by Crippen LogP contribution is -2.55. The molecule has 3 saturated carbocycles. The number of nitrogens with one attached hydrogen (secondary N) is 2. The summed E-state index contributed by atoms with van der Waals surface area (Å²) < 4.78 is 5.49. The monoisotopic (exact) mass is 841 g/mol. The first-order valence-electron chi connectivity index (χ1n) is 23.1. The van der Waals surface area contributed by atoms with E-state index in [0.717, 1.165) is 66.1 Å². The zero-order valence-electron chi connectivity index (χ0n) is 35.9. The molecule has 1 spiro atoms. The number of phenols is 1. The molecule has 0 bridgehead atoms. The first-order valence-corrected chi connectivity index (χ1v) is 23.1. The van der Waals surface area contributed by atoms with E-state index in [1.165, 1.54) is 7.11 Å². The SMILES string of the molecule is COc1cc2c(cc1O)[C@@H](C[C@H](O)[C@H](O)C[C@H](C1=CCNC(N)=C1)c1ccc3ccccc3c1)C#C[C@@]1(CC[C@H]([C@H]3CC[C@H]4[C@H](CN[C@@H]5CC(=O)CC[C@H]45)C3)C[C@H]1O)C(=O)CC2. The van der Waals surface area contributed by atoms with Crippen molar-refractivity contribution < 1.29 is 34.8 Å². The first-order chi connectivity index (χ1) is 30.0. The van der Waals surface area contributed by atoms with Gasteiger partial charge in [0, 0.05) is 43.7 Å². The molecule has 4 fully saturated rings. The molecule has 2 aliphatic heterocycles. The molecule has 8 N–H and O–H groups in total. The van der Waals surface area contributed by atoms with E-state index in [2.05, 4.69) is 58.9 Å². The molecule has 4 aliphatic carbocycles. The number of aliphatic hydroxyl groups excluding tert-OH is 3. The van der Waals surface area contributed by atoms with Crippen LogP contribution in [0.15, 0.2) is 78.1 Å². The van der Waals surface area contributed by atoms with Crippen LogP contribution in [0.4, 0.5) is 0 Å². The van der Waals surface area contributed by atoms with E-state index in [4.69, 9.17) is 10.5 Å². The summed E-state index contributed by atoms with van der Waals surface area (Å²) in [5.41, 5.74) is 8.41. The lowest BCUT2D eigenvalue weighted by molar-refractivity contribution is -0.135. The fourth-order valence-corrected chi connectivity index (χ4v) is 12.6. The van der Waals surface area contributed by atoms with Gasteiger partial charge in [0.2, 0.25) is 0 Å². The van der Waals surface area contributed by atoms with Gasteiger partial charge in [-0.15, -0.1) is 0 Å². The molecular weight excluding hydrogens is 779 g/mol. The largest absolute Gasteiger partial charge is 0.504 e. The Bertz CT molecular complexity index is 2310. The highest BCUT2D eigenvalue weighted by atomic mass is 16.5. The van der Waals surface area contributed by atoms with E-state index in [1.807, 2.05) is 18.2 Å². The number of ketones is 2. The molecule has 6 aliphatic rings. The highest BCUT2D eigenvalue weighted by Gasteiger charge is 2.51. The number of methoxy groups -OCH3 is 1. The van der Waals surface area contributed by atoms with Crippen molar-refractivity contribution in [1.29, 1.82) is 0 Å². The Hall–Kier alpha value is -4.66. The van der Waals surface area contributed by atoms with Gasteiger partial charge in [-0.05, 0) is 152 Å². The Morgan fingerprint density at radius 2 is 1.74 bits per heavy atom. The van der Waals surface area contributed by atoms with Crippen LogP contribution in [-0.2, 0) is 16.0 Å². The smallest absolute Gasteiger partial charge is 0.160 e. The summed E-state index contributed by atoms with van der Waals surface area (Å²) >= 11 is 0. The van der Waals surface area contributed by atoms with E-state index in [0.29, 0.717) is 91.4 Å². The van der Waals surface area contributed by atoms with Crippen molar-refractivity contribution in [2.45, 2.75) is 120 Å². The van der Waals surface area contributed by atoms with Crippen molar-refractivity contribution >= 4 is 22.3 Å². The van der Waals surface area contributed by atoms with Crippen LogP contribution in [-0.4, -0.2) is 76.5 Å². The molecule has 3 aromatic carbocycles. The number of benzene rings is 3.